The van der Waals surface area contributed by atoms with Crippen molar-refractivity contribution >= 4 is 11.6 Å². The molecule has 0 bridgehead atoms. The Labute approximate surface area is 93.8 Å². The number of aliphatic hydroxyl groups is 1. The van der Waals surface area contributed by atoms with Gasteiger partial charge >= 0.3 is 0 Å². The smallest absolute Gasteiger partial charge is 0.123 e. The predicted octanol–water partition coefficient (Wildman–Crippen LogP) is 0.668. The second-order valence-corrected chi connectivity index (χ2v) is 3.69. The highest BCUT2D eigenvalue weighted by Gasteiger charge is 2.18. The van der Waals surface area contributed by atoms with E-state index in [1.807, 2.05) is 0 Å². The first-order valence-corrected chi connectivity index (χ1v) is 4.93. The summed E-state index contributed by atoms with van der Waals surface area (Å²) in [5, 5.41) is 9.48. The largest absolute Gasteiger partial charge is 0.496 e. The van der Waals surface area contributed by atoms with Crippen LogP contribution in [0.4, 0.5) is 0 Å². The molecule has 0 radical (unpaired) electrons. The Bertz CT molecular complexity index is 333. The molecule has 0 fully saturated rings. The van der Waals surface area contributed by atoms with Gasteiger partial charge in [0.25, 0.3) is 0 Å². The van der Waals surface area contributed by atoms with Crippen LogP contribution in [-0.4, -0.2) is 24.9 Å². The second-order valence-electron chi connectivity index (χ2n) is 3.26. The molecule has 4 nitrogen and oxygen atoms in total. The van der Waals surface area contributed by atoms with Crippen LogP contribution in [0.15, 0.2) is 18.2 Å². The van der Waals surface area contributed by atoms with Crippen LogP contribution in [0, 0.1) is 0 Å². The van der Waals surface area contributed by atoms with Crippen molar-refractivity contribution in [2.24, 2.45) is 11.5 Å². The Hall–Kier alpha value is -0.810. The number of hydrogen-bond acceptors (Lipinski definition) is 4. The Kier molecular flexibility index (Phi) is 4.35. The van der Waals surface area contributed by atoms with Gasteiger partial charge in [-0.2, -0.15) is 0 Å². The highest BCUT2D eigenvalue weighted by atomic mass is 35.5. The van der Waals surface area contributed by atoms with Gasteiger partial charge < -0.3 is 21.3 Å². The molecule has 0 saturated carbocycles. The fourth-order valence-corrected chi connectivity index (χ4v) is 1.49. The van der Waals surface area contributed by atoms with E-state index in [1.54, 1.807) is 25.3 Å². The van der Waals surface area contributed by atoms with Crippen molar-refractivity contribution in [1.29, 1.82) is 0 Å². The van der Waals surface area contributed by atoms with E-state index in [9.17, 15) is 0 Å². The summed E-state index contributed by atoms with van der Waals surface area (Å²) in [5.41, 5.74) is 12.2. The lowest BCUT2D eigenvalue weighted by Gasteiger charge is -2.20. The predicted molar refractivity (Wildman–Crippen MR) is 60.0 cm³/mol. The van der Waals surface area contributed by atoms with Crippen LogP contribution in [0.2, 0.25) is 5.02 Å². The van der Waals surface area contributed by atoms with E-state index < -0.39 is 12.1 Å². The maximum Gasteiger partial charge on any atom is 0.123 e. The minimum absolute atomic E-state index is 0.184. The van der Waals surface area contributed by atoms with Gasteiger partial charge in [0, 0.05) is 16.6 Å². The number of methoxy groups -OCH3 is 1. The van der Waals surface area contributed by atoms with Crippen molar-refractivity contribution in [3.63, 3.8) is 0 Å². The van der Waals surface area contributed by atoms with Gasteiger partial charge in [-0.05, 0) is 18.2 Å². The van der Waals surface area contributed by atoms with Crippen molar-refractivity contribution in [2.75, 3.05) is 13.7 Å². The first-order chi connectivity index (χ1) is 7.10. The van der Waals surface area contributed by atoms with Gasteiger partial charge in [-0.1, -0.05) is 11.6 Å². The fourth-order valence-electron chi connectivity index (χ4n) is 1.31. The van der Waals surface area contributed by atoms with Crippen molar-refractivity contribution in [3.05, 3.63) is 28.8 Å². The zero-order chi connectivity index (χ0) is 11.4. The highest BCUT2D eigenvalue weighted by molar-refractivity contribution is 6.30. The summed E-state index contributed by atoms with van der Waals surface area (Å²) >= 11 is 5.85. The third kappa shape index (κ3) is 2.82. The molecule has 0 saturated heterocycles. The first kappa shape index (κ1) is 12.3. The molecular weight excluding hydrogens is 216 g/mol. The molecule has 0 aliphatic heterocycles. The third-order valence-electron chi connectivity index (χ3n) is 2.22. The Balaban J connectivity index is 3.05. The van der Waals surface area contributed by atoms with Crippen LogP contribution in [-0.2, 0) is 0 Å². The molecule has 1 rings (SSSR count). The van der Waals surface area contributed by atoms with Gasteiger partial charge in [0.15, 0.2) is 0 Å². The number of rotatable bonds is 4. The number of halogens is 1. The van der Waals surface area contributed by atoms with E-state index in [0.29, 0.717) is 16.3 Å². The van der Waals surface area contributed by atoms with Gasteiger partial charge in [-0.15, -0.1) is 0 Å². The van der Waals surface area contributed by atoms with Gasteiger partial charge in [0.2, 0.25) is 0 Å². The normalized spacial score (nSPS) is 14.7. The van der Waals surface area contributed by atoms with E-state index in [1.165, 1.54) is 0 Å². The maximum absolute atomic E-state index is 8.92. The molecule has 5 N–H and O–H groups in total. The van der Waals surface area contributed by atoms with Crippen LogP contribution in [0.1, 0.15) is 11.6 Å². The number of hydrogen-bond donors (Lipinski definition) is 3. The van der Waals surface area contributed by atoms with Crippen LogP contribution in [0.3, 0.4) is 0 Å². The average molecular weight is 231 g/mol. The summed E-state index contributed by atoms with van der Waals surface area (Å²) in [6, 6.07) is 4.10. The van der Waals surface area contributed by atoms with Crippen LogP contribution >= 0.6 is 11.6 Å². The number of nitrogens with two attached hydrogens (primary N) is 2. The topological polar surface area (TPSA) is 81.5 Å². The lowest BCUT2D eigenvalue weighted by molar-refractivity contribution is 0.248. The number of benzene rings is 1. The van der Waals surface area contributed by atoms with Crippen molar-refractivity contribution in [1.82, 2.24) is 0 Å². The summed E-state index contributed by atoms with van der Waals surface area (Å²) in [7, 11) is 1.55. The summed E-state index contributed by atoms with van der Waals surface area (Å²) in [6.07, 6.45) is 0. The Morgan fingerprint density at radius 1 is 1.47 bits per heavy atom. The van der Waals surface area contributed by atoms with E-state index >= 15 is 0 Å². The molecule has 0 amide bonds. The minimum Gasteiger partial charge on any atom is -0.496 e. The van der Waals surface area contributed by atoms with Crippen molar-refractivity contribution in [2.45, 2.75) is 12.1 Å². The molecule has 84 valence electrons. The fraction of sp³-hybridized carbons (Fsp3) is 0.400. The second kappa shape index (κ2) is 5.32. The van der Waals surface area contributed by atoms with E-state index in [2.05, 4.69) is 0 Å². The summed E-state index contributed by atoms with van der Waals surface area (Å²) in [6.45, 7) is -0.184. The van der Waals surface area contributed by atoms with E-state index in [-0.39, 0.29) is 6.61 Å². The minimum atomic E-state index is -0.530. The van der Waals surface area contributed by atoms with Crippen molar-refractivity contribution < 1.29 is 9.84 Å². The lowest BCUT2D eigenvalue weighted by Crippen LogP contribution is -2.37. The molecule has 0 spiro atoms. The van der Waals surface area contributed by atoms with E-state index in [4.69, 9.17) is 32.9 Å². The summed E-state index contributed by atoms with van der Waals surface area (Å²) in [5.74, 6) is 0.621. The lowest BCUT2D eigenvalue weighted by atomic mass is 10.0. The molecule has 2 atom stereocenters. The SMILES string of the molecule is COc1ccc(Cl)cc1C(N)C(N)CO. The van der Waals surface area contributed by atoms with Gasteiger partial charge in [0.1, 0.15) is 5.75 Å². The maximum atomic E-state index is 8.92. The molecular formula is C10H15ClN2O2. The molecule has 15 heavy (non-hydrogen) atoms. The number of ether oxygens (including phenoxy) is 1. The molecule has 1 aromatic rings. The van der Waals surface area contributed by atoms with E-state index in [0.717, 1.165) is 0 Å². The first-order valence-electron chi connectivity index (χ1n) is 4.55. The van der Waals surface area contributed by atoms with Gasteiger partial charge in [-0.3, -0.25) is 0 Å². The molecule has 0 aromatic heterocycles. The van der Waals surface area contributed by atoms with Crippen molar-refractivity contribution in [3.8, 4) is 5.75 Å². The monoisotopic (exact) mass is 230 g/mol. The van der Waals surface area contributed by atoms with Gasteiger partial charge in [-0.25, -0.2) is 0 Å². The third-order valence-corrected chi connectivity index (χ3v) is 2.46. The molecule has 5 heteroatoms. The average Bonchev–Trinajstić information content (AvgIpc) is 2.27. The Morgan fingerprint density at radius 2 is 2.13 bits per heavy atom. The van der Waals surface area contributed by atoms with Crippen LogP contribution in [0.25, 0.3) is 0 Å². The summed E-state index contributed by atoms with van der Waals surface area (Å²) < 4.78 is 5.14. The quantitative estimate of drug-likeness (QED) is 0.710. The Morgan fingerprint density at radius 3 is 2.67 bits per heavy atom. The highest BCUT2D eigenvalue weighted by Crippen LogP contribution is 2.28. The molecule has 0 heterocycles. The van der Waals surface area contributed by atoms with Gasteiger partial charge in [0.05, 0.1) is 19.8 Å². The molecule has 0 aliphatic rings. The summed E-state index contributed by atoms with van der Waals surface area (Å²) in [4.78, 5) is 0. The standard InChI is InChI=1S/C10H15ClN2O2/c1-15-9-3-2-6(11)4-7(9)10(13)8(12)5-14/h2-4,8,10,14H,5,12-13H2,1H3. The zero-order valence-corrected chi connectivity index (χ0v) is 9.24. The van der Waals surface area contributed by atoms with Crippen LogP contribution < -0.4 is 16.2 Å². The number of aliphatic hydroxyl groups excluding tert-OH is 1. The zero-order valence-electron chi connectivity index (χ0n) is 8.48. The molecule has 0 aliphatic carbocycles. The molecule has 2 unspecified atom stereocenters. The van der Waals surface area contributed by atoms with Crippen LogP contribution in [0.5, 0.6) is 5.75 Å². The molecule has 1 aromatic carbocycles.